The van der Waals surface area contributed by atoms with Crippen LogP contribution in [0.25, 0.3) is 0 Å². The van der Waals surface area contributed by atoms with E-state index in [2.05, 4.69) is 35.9 Å². The summed E-state index contributed by atoms with van der Waals surface area (Å²) in [6, 6.07) is 10.1. The topological polar surface area (TPSA) is 77.8 Å². The van der Waals surface area contributed by atoms with Gasteiger partial charge in [-0.25, -0.2) is 9.97 Å². The van der Waals surface area contributed by atoms with E-state index in [0.717, 1.165) is 11.1 Å². The van der Waals surface area contributed by atoms with Crippen molar-refractivity contribution in [3.8, 4) is 0 Å². The van der Waals surface area contributed by atoms with Gasteiger partial charge in [-0.15, -0.1) is 0 Å². The molecule has 0 fully saturated rings. The van der Waals surface area contributed by atoms with Gasteiger partial charge in [-0.1, -0.05) is 30.3 Å². The molecule has 0 aliphatic heterocycles. The number of hydrogen-bond donors (Lipinski definition) is 2. The lowest BCUT2D eigenvalue weighted by Gasteiger charge is -2.24. The van der Waals surface area contributed by atoms with Crippen LogP contribution < -0.4 is 11.5 Å². The fourth-order valence-electron chi connectivity index (χ4n) is 1.86. The van der Waals surface area contributed by atoms with Gasteiger partial charge in [0, 0.05) is 23.7 Å². The van der Waals surface area contributed by atoms with Crippen molar-refractivity contribution in [2.75, 3.05) is 5.73 Å². The van der Waals surface area contributed by atoms with Crippen molar-refractivity contribution in [3.63, 3.8) is 0 Å². The van der Waals surface area contributed by atoms with Crippen LogP contribution in [0.2, 0.25) is 0 Å². The zero-order valence-corrected chi connectivity index (χ0v) is 10.7. The Bertz CT molecular complexity index is 535. The van der Waals surface area contributed by atoms with Gasteiger partial charge in [0.25, 0.3) is 0 Å². The van der Waals surface area contributed by atoms with Crippen molar-refractivity contribution < 1.29 is 0 Å². The summed E-state index contributed by atoms with van der Waals surface area (Å²) in [4.78, 5) is 8.77. The average Bonchev–Trinajstić information content (AvgIpc) is 2.39. The van der Waals surface area contributed by atoms with Gasteiger partial charge in [-0.05, 0) is 19.4 Å². The molecule has 0 radical (unpaired) electrons. The van der Waals surface area contributed by atoms with E-state index in [1.165, 1.54) is 0 Å². The molecule has 1 heterocycles. The molecule has 0 amide bonds. The van der Waals surface area contributed by atoms with Gasteiger partial charge in [0.15, 0.2) is 0 Å². The lowest BCUT2D eigenvalue weighted by Crippen LogP contribution is -2.23. The number of benzene rings is 1. The SMILES string of the molecule is CC(C)(c1ccccc1)c1ncc(CN)c(N)n1. The summed E-state index contributed by atoms with van der Waals surface area (Å²) >= 11 is 0. The Morgan fingerprint density at radius 2 is 1.83 bits per heavy atom. The van der Waals surface area contributed by atoms with Crippen molar-refractivity contribution in [1.29, 1.82) is 0 Å². The Hall–Kier alpha value is -1.94. The van der Waals surface area contributed by atoms with E-state index in [4.69, 9.17) is 11.5 Å². The second-order valence-electron chi connectivity index (χ2n) is 4.80. The number of nitrogen functional groups attached to an aromatic ring is 1. The van der Waals surface area contributed by atoms with Crippen LogP contribution in [-0.4, -0.2) is 9.97 Å². The van der Waals surface area contributed by atoms with Crippen molar-refractivity contribution in [1.82, 2.24) is 9.97 Å². The molecule has 4 heteroatoms. The molecule has 4 nitrogen and oxygen atoms in total. The molecule has 0 atom stereocenters. The molecule has 4 N–H and O–H groups in total. The van der Waals surface area contributed by atoms with Gasteiger partial charge in [0.05, 0.1) is 0 Å². The second-order valence-corrected chi connectivity index (χ2v) is 4.80. The summed E-state index contributed by atoms with van der Waals surface area (Å²) in [5.41, 5.74) is 13.1. The van der Waals surface area contributed by atoms with Crippen LogP contribution in [0.3, 0.4) is 0 Å². The van der Waals surface area contributed by atoms with Crippen LogP contribution in [0.15, 0.2) is 36.5 Å². The van der Waals surface area contributed by atoms with Gasteiger partial charge in [-0.3, -0.25) is 0 Å². The van der Waals surface area contributed by atoms with Crippen LogP contribution in [0.4, 0.5) is 5.82 Å². The molecule has 1 aromatic carbocycles. The summed E-state index contributed by atoms with van der Waals surface area (Å²) in [7, 11) is 0. The number of nitrogens with zero attached hydrogens (tertiary/aromatic N) is 2. The number of nitrogens with two attached hydrogens (primary N) is 2. The summed E-state index contributed by atoms with van der Waals surface area (Å²) in [6.45, 7) is 4.52. The lowest BCUT2D eigenvalue weighted by molar-refractivity contribution is 0.589. The van der Waals surface area contributed by atoms with E-state index >= 15 is 0 Å². The van der Waals surface area contributed by atoms with Gasteiger partial charge in [-0.2, -0.15) is 0 Å². The highest BCUT2D eigenvalue weighted by atomic mass is 15.0. The van der Waals surface area contributed by atoms with Gasteiger partial charge >= 0.3 is 0 Å². The minimum absolute atomic E-state index is 0.275. The third-order valence-electron chi connectivity index (χ3n) is 3.17. The molecular weight excluding hydrogens is 224 g/mol. The van der Waals surface area contributed by atoms with Crippen LogP contribution in [0, 0.1) is 0 Å². The Kier molecular flexibility index (Phi) is 3.30. The van der Waals surface area contributed by atoms with Gasteiger partial charge < -0.3 is 11.5 Å². The molecule has 94 valence electrons. The van der Waals surface area contributed by atoms with Crippen molar-refractivity contribution in [2.24, 2.45) is 5.73 Å². The molecule has 0 spiro atoms. The number of rotatable bonds is 3. The highest BCUT2D eigenvalue weighted by molar-refractivity contribution is 5.40. The molecule has 1 aromatic heterocycles. The van der Waals surface area contributed by atoms with Crippen LogP contribution in [0.1, 0.15) is 30.8 Å². The summed E-state index contributed by atoms with van der Waals surface area (Å²) in [5, 5.41) is 0. The highest BCUT2D eigenvalue weighted by Gasteiger charge is 2.26. The maximum absolute atomic E-state index is 5.88. The molecule has 2 aromatic rings. The molecule has 18 heavy (non-hydrogen) atoms. The van der Waals surface area contributed by atoms with Crippen LogP contribution in [-0.2, 0) is 12.0 Å². The van der Waals surface area contributed by atoms with Gasteiger partial charge in [0.1, 0.15) is 11.6 Å². The zero-order valence-electron chi connectivity index (χ0n) is 10.7. The molecule has 0 saturated carbocycles. The molecule has 0 bridgehead atoms. The fourth-order valence-corrected chi connectivity index (χ4v) is 1.86. The summed E-state index contributed by atoms with van der Waals surface area (Å²) in [5.74, 6) is 1.18. The zero-order chi connectivity index (χ0) is 13.2. The molecular formula is C14H18N4. The minimum atomic E-state index is -0.275. The number of hydrogen-bond acceptors (Lipinski definition) is 4. The minimum Gasteiger partial charge on any atom is -0.383 e. The predicted octanol–water partition coefficient (Wildman–Crippen LogP) is 1.84. The Morgan fingerprint density at radius 1 is 1.17 bits per heavy atom. The summed E-state index contributed by atoms with van der Waals surface area (Å²) in [6.07, 6.45) is 1.71. The third kappa shape index (κ3) is 2.19. The maximum Gasteiger partial charge on any atom is 0.140 e. The first-order chi connectivity index (χ1) is 8.55. The molecule has 0 saturated heterocycles. The van der Waals surface area contributed by atoms with E-state index in [1.54, 1.807) is 6.20 Å². The fraction of sp³-hybridized carbons (Fsp3) is 0.286. The standard InChI is InChI=1S/C14H18N4/c1-14(2,11-6-4-3-5-7-11)13-17-9-10(8-15)12(16)18-13/h3-7,9H,8,15H2,1-2H3,(H2,16,17,18). The second kappa shape index (κ2) is 4.74. The first-order valence-electron chi connectivity index (χ1n) is 5.93. The number of anilines is 1. The van der Waals surface area contributed by atoms with E-state index in [0.29, 0.717) is 18.2 Å². The normalized spacial score (nSPS) is 11.5. The predicted molar refractivity (Wildman–Crippen MR) is 72.9 cm³/mol. The number of aromatic nitrogens is 2. The van der Waals surface area contributed by atoms with E-state index in [-0.39, 0.29) is 5.41 Å². The van der Waals surface area contributed by atoms with Gasteiger partial charge in [0.2, 0.25) is 0 Å². The van der Waals surface area contributed by atoms with Crippen molar-refractivity contribution >= 4 is 5.82 Å². The van der Waals surface area contributed by atoms with Crippen LogP contribution >= 0.6 is 0 Å². The third-order valence-corrected chi connectivity index (χ3v) is 3.17. The van der Waals surface area contributed by atoms with E-state index in [1.807, 2.05) is 18.2 Å². The Balaban J connectivity index is 2.45. The van der Waals surface area contributed by atoms with E-state index in [9.17, 15) is 0 Å². The van der Waals surface area contributed by atoms with E-state index < -0.39 is 0 Å². The average molecular weight is 242 g/mol. The molecule has 0 aliphatic carbocycles. The Morgan fingerprint density at radius 3 is 2.39 bits per heavy atom. The highest BCUT2D eigenvalue weighted by Crippen LogP contribution is 2.29. The summed E-state index contributed by atoms with van der Waals surface area (Å²) < 4.78 is 0. The maximum atomic E-state index is 5.88. The lowest BCUT2D eigenvalue weighted by atomic mass is 9.84. The van der Waals surface area contributed by atoms with Crippen LogP contribution in [0.5, 0.6) is 0 Å². The largest absolute Gasteiger partial charge is 0.383 e. The molecule has 0 aliphatic rings. The van der Waals surface area contributed by atoms with Crippen molar-refractivity contribution in [3.05, 3.63) is 53.5 Å². The monoisotopic (exact) mass is 242 g/mol. The first-order valence-corrected chi connectivity index (χ1v) is 5.93. The first kappa shape index (κ1) is 12.5. The Labute approximate surface area is 107 Å². The van der Waals surface area contributed by atoms with Crippen molar-refractivity contribution in [2.45, 2.75) is 25.8 Å². The molecule has 0 unspecified atom stereocenters. The smallest absolute Gasteiger partial charge is 0.140 e. The quantitative estimate of drug-likeness (QED) is 0.861. The molecule has 2 rings (SSSR count).